The van der Waals surface area contributed by atoms with Crippen molar-refractivity contribution < 1.29 is 9.47 Å². The van der Waals surface area contributed by atoms with Crippen LogP contribution in [0.3, 0.4) is 0 Å². The van der Waals surface area contributed by atoms with E-state index in [0.29, 0.717) is 5.82 Å². The minimum absolute atomic E-state index is 0.713. The number of ether oxygens (including phenoxy) is 2. The Labute approximate surface area is 158 Å². The van der Waals surface area contributed by atoms with Crippen LogP contribution in [0.25, 0.3) is 0 Å². The smallest absolute Gasteiger partial charge is 0.142 e. The highest BCUT2D eigenvalue weighted by atomic mass is 16.5. The number of nitrogens with zero attached hydrogens (tertiary/aromatic N) is 3. The summed E-state index contributed by atoms with van der Waals surface area (Å²) >= 11 is 0. The van der Waals surface area contributed by atoms with Gasteiger partial charge < -0.3 is 19.7 Å². The second-order valence-electron chi connectivity index (χ2n) is 6.39. The topological polar surface area (TPSA) is 59.5 Å². The third-order valence-electron chi connectivity index (χ3n) is 4.78. The third kappa shape index (κ3) is 3.65. The Kier molecular flexibility index (Phi) is 4.78. The third-order valence-corrected chi connectivity index (χ3v) is 4.78. The van der Waals surface area contributed by atoms with Gasteiger partial charge in [0.15, 0.2) is 0 Å². The molecule has 138 valence electrons. The van der Waals surface area contributed by atoms with Gasteiger partial charge in [0.05, 0.1) is 19.9 Å². The molecule has 2 heterocycles. The summed E-state index contributed by atoms with van der Waals surface area (Å²) in [7, 11) is 3.28. The van der Waals surface area contributed by atoms with Crippen LogP contribution in [0.15, 0.2) is 54.9 Å². The largest absolute Gasteiger partial charge is 0.497 e. The summed E-state index contributed by atoms with van der Waals surface area (Å²) in [4.78, 5) is 11.1. The number of anilines is 3. The van der Waals surface area contributed by atoms with E-state index in [4.69, 9.17) is 9.47 Å². The second kappa shape index (κ2) is 7.53. The standard InChI is InChI=1S/C21H22N4O2/c1-26-17-7-8-19(27-2)18(11-17)24-20-12-21(23-14-22-20)25-10-9-15-5-3-4-6-16(15)13-25/h3-8,11-12,14H,9-10,13H2,1-2H3,(H,22,23,24). The average molecular weight is 362 g/mol. The molecule has 0 bridgehead atoms. The van der Waals surface area contributed by atoms with Crippen molar-refractivity contribution >= 4 is 17.3 Å². The van der Waals surface area contributed by atoms with Crippen LogP contribution < -0.4 is 19.7 Å². The van der Waals surface area contributed by atoms with Crippen LogP contribution >= 0.6 is 0 Å². The van der Waals surface area contributed by atoms with Crippen molar-refractivity contribution in [2.45, 2.75) is 13.0 Å². The summed E-state index contributed by atoms with van der Waals surface area (Å²) in [5, 5.41) is 3.31. The Morgan fingerprint density at radius 1 is 0.963 bits per heavy atom. The van der Waals surface area contributed by atoms with Crippen molar-refractivity contribution in [3.63, 3.8) is 0 Å². The molecule has 2 aromatic carbocycles. The highest BCUT2D eigenvalue weighted by Gasteiger charge is 2.17. The molecule has 27 heavy (non-hydrogen) atoms. The fraction of sp³-hybridized carbons (Fsp3) is 0.238. The first kappa shape index (κ1) is 17.1. The quantitative estimate of drug-likeness (QED) is 0.745. The number of fused-ring (bicyclic) bond motifs is 1. The molecular formula is C21H22N4O2. The normalized spacial score (nSPS) is 13.0. The van der Waals surface area contributed by atoms with Crippen LogP contribution in [0.4, 0.5) is 17.3 Å². The van der Waals surface area contributed by atoms with E-state index in [1.807, 2.05) is 24.3 Å². The molecule has 3 aromatic rings. The number of benzene rings is 2. The number of hydrogen-bond acceptors (Lipinski definition) is 6. The van der Waals surface area contributed by atoms with Gasteiger partial charge in [-0.2, -0.15) is 0 Å². The number of hydrogen-bond donors (Lipinski definition) is 1. The second-order valence-corrected chi connectivity index (χ2v) is 6.39. The summed E-state index contributed by atoms with van der Waals surface area (Å²) in [6.45, 7) is 1.80. The van der Waals surface area contributed by atoms with E-state index in [0.717, 1.165) is 42.5 Å². The van der Waals surface area contributed by atoms with E-state index in [9.17, 15) is 0 Å². The number of rotatable bonds is 5. The Hall–Kier alpha value is -3.28. The molecule has 6 heteroatoms. The van der Waals surface area contributed by atoms with Crippen molar-refractivity contribution in [2.24, 2.45) is 0 Å². The van der Waals surface area contributed by atoms with E-state index in [1.54, 1.807) is 20.5 Å². The van der Waals surface area contributed by atoms with Gasteiger partial charge in [-0.1, -0.05) is 24.3 Å². The summed E-state index contributed by atoms with van der Waals surface area (Å²) in [5.74, 6) is 3.09. The Bertz CT molecular complexity index is 945. The van der Waals surface area contributed by atoms with Gasteiger partial charge in [0.1, 0.15) is 29.5 Å². The molecule has 6 nitrogen and oxygen atoms in total. The van der Waals surface area contributed by atoms with Crippen molar-refractivity contribution in [3.8, 4) is 11.5 Å². The van der Waals surface area contributed by atoms with Crippen molar-refractivity contribution in [2.75, 3.05) is 31.0 Å². The predicted molar refractivity (Wildman–Crippen MR) is 106 cm³/mol. The van der Waals surface area contributed by atoms with Gasteiger partial charge in [-0.05, 0) is 29.7 Å². The molecule has 0 fully saturated rings. The van der Waals surface area contributed by atoms with Gasteiger partial charge in [0, 0.05) is 25.2 Å². The zero-order valence-electron chi connectivity index (χ0n) is 15.5. The molecule has 1 aromatic heterocycles. The summed E-state index contributed by atoms with van der Waals surface area (Å²) < 4.78 is 10.7. The molecule has 1 aliphatic heterocycles. The Balaban J connectivity index is 1.57. The molecule has 1 N–H and O–H groups in total. The molecule has 0 saturated heterocycles. The van der Waals surface area contributed by atoms with Gasteiger partial charge in [0.2, 0.25) is 0 Å². The van der Waals surface area contributed by atoms with Gasteiger partial charge >= 0.3 is 0 Å². The first-order valence-electron chi connectivity index (χ1n) is 8.89. The zero-order valence-corrected chi connectivity index (χ0v) is 15.5. The molecule has 1 aliphatic rings. The molecule has 0 aliphatic carbocycles. The van der Waals surface area contributed by atoms with Gasteiger partial charge in [0.25, 0.3) is 0 Å². The van der Waals surface area contributed by atoms with Crippen molar-refractivity contribution in [3.05, 3.63) is 66.0 Å². The van der Waals surface area contributed by atoms with Crippen LogP contribution in [0, 0.1) is 0 Å². The zero-order chi connectivity index (χ0) is 18.6. The fourth-order valence-corrected chi connectivity index (χ4v) is 3.33. The lowest BCUT2D eigenvalue weighted by Crippen LogP contribution is -2.31. The van der Waals surface area contributed by atoms with Crippen molar-refractivity contribution in [1.29, 1.82) is 0 Å². The monoisotopic (exact) mass is 362 g/mol. The first-order valence-corrected chi connectivity index (χ1v) is 8.89. The molecule has 4 rings (SSSR count). The first-order chi connectivity index (χ1) is 13.3. The molecule has 0 amide bonds. The van der Waals surface area contributed by atoms with E-state index < -0.39 is 0 Å². The predicted octanol–water partition coefficient (Wildman–Crippen LogP) is 3.80. The number of methoxy groups -OCH3 is 2. The van der Waals surface area contributed by atoms with Gasteiger partial charge in [-0.15, -0.1) is 0 Å². The average Bonchev–Trinajstić information content (AvgIpc) is 2.73. The number of aromatic nitrogens is 2. The molecule has 0 unspecified atom stereocenters. The molecule has 0 radical (unpaired) electrons. The fourth-order valence-electron chi connectivity index (χ4n) is 3.33. The van der Waals surface area contributed by atoms with E-state index in [2.05, 4.69) is 44.5 Å². The van der Waals surface area contributed by atoms with E-state index in [1.165, 1.54) is 11.1 Å². The maximum Gasteiger partial charge on any atom is 0.142 e. The van der Waals surface area contributed by atoms with Crippen LogP contribution in [-0.2, 0) is 13.0 Å². The lowest BCUT2D eigenvalue weighted by Gasteiger charge is -2.29. The highest BCUT2D eigenvalue weighted by Crippen LogP contribution is 2.32. The summed E-state index contributed by atoms with van der Waals surface area (Å²) in [5.41, 5.74) is 3.57. The van der Waals surface area contributed by atoms with Gasteiger partial charge in [-0.3, -0.25) is 0 Å². The summed E-state index contributed by atoms with van der Waals surface area (Å²) in [6, 6.07) is 16.2. The van der Waals surface area contributed by atoms with Crippen LogP contribution in [0.2, 0.25) is 0 Å². The Morgan fingerprint density at radius 3 is 2.63 bits per heavy atom. The van der Waals surface area contributed by atoms with E-state index >= 15 is 0 Å². The maximum absolute atomic E-state index is 5.43. The van der Waals surface area contributed by atoms with Gasteiger partial charge in [-0.25, -0.2) is 9.97 Å². The highest BCUT2D eigenvalue weighted by molar-refractivity contribution is 5.67. The minimum Gasteiger partial charge on any atom is -0.497 e. The van der Waals surface area contributed by atoms with Crippen LogP contribution in [0.5, 0.6) is 11.5 Å². The SMILES string of the molecule is COc1ccc(OC)c(Nc2cc(N3CCc4ccccc4C3)ncn2)c1. The summed E-state index contributed by atoms with van der Waals surface area (Å²) in [6.07, 6.45) is 2.61. The molecular weight excluding hydrogens is 340 g/mol. The maximum atomic E-state index is 5.43. The molecule has 0 spiro atoms. The molecule has 0 saturated carbocycles. The van der Waals surface area contributed by atoms with Crippen LogP contribution in [-0.4, -0.2) is 30.7 Å². The molecule has 0 atom stereocenters. The van der Waals surface area contributed by atoms with Crippen LogP contribution in [0.1, 0.15) is 11.1 Å². The van der Waals surface area contributed by atoms with E-state index in [-0.39, 0.29) is 0 Å². The Morgan fingerprint density at radius 2 is 1.81 bits per heavy atom. The minimum atomic E-state index is 0.713. The number of nitrogens with one attached hydrogen (secondary N) is 1. The lowest BCUT2D eigenvalue weighted by atomic mass is 10.00. The lowest BCUT2D eigenvalue weighted by molar-refractivity contribution is 0.405. The van der Waals surface area contributed by atoms with Crippen molar-refractivity contribution in [1.82, 2.24) is 9.97 Å².